The Morgan fingerprint density at radius 2 is 1.22 bits per heavy atom. The summed E-state index contributed by atoms with van der Waals surface area (Å²) in [5.41, 5.74) is 6.28. The van der Waals surface area contributed by atoms with Crippen LogP contribution in [0.5, 0.6) is 0 Å². The Labute approximate surface area is 139 Å². The first-order valence-electron chi connectivity index (χ1n) is 8.59. The molecule has 0 aliphatic carbocycles. The Kier molecular flexibility index (Phi) is 5.44. The first kappa shape index (κ1) is 16.2. The fourth-order valence-corrected chi connectivity index (χ4v) is 3.36. The van der Waals surface area contributed by atoms with Crippen molar-refractivity contribution in [2.24, 2.45) is 0 Å². The highest BCUT2D eigenvalue weighted by Crippen LogP contribution is 2.29. The molecule has 0 unspecified atom stereocenters. The van der Waals surface area contributed by atoms with Gasteiger partial charge >= 0.3 is 0 Å². The van der Waals surface area contributed by atoms with Gasteiger partial charge in [0.2, 0.25) is 0 Å². The number of hydrogen-bond acceptors (Lipinski definition) is 3. The molecule has 122 valence electrons. The van der Waals surface area contributed by atoms with Crippen molar-refractivity contribution in [1.82, 2.24) is 15.3 Å². The van der Waals surface area contributed by atoms with Gasteiger partial charge in [0, 0.05) is 32.2 Å². The molecule has 1 aliphatic rings. The Morgan fingerprint density at radius 1 is 0.739 bits per heavy atom. The van der Waals surface area contributed by atoms with E-state index in [1.807, 2.05) is 0 Å². The Bertz CT molecular complexity index is 535. The van der Waals surface area contributed by atoms with Gasteiger partial charge in [0.25, 0.3) is 0 Å². The van der Waals surface area contributed by atoms with Crippen LogP contribution in [0.25, 0.3) is 0 Å². The third kappa shape index (κ3) is 4.20. The predicted molar refractivity (Wildman–Crippen MR) is 96.1 cm³/mol. The van der Waals surface area contributed by atoms with E-state index in [0.717, 1.165) is 26.2 Å². The lowest BCUT2D eigenvalue weighted by atomic mass is 9.96. The zero-order valence-electron chi connectivity index (χ0n) is 14.2. The Hall–Kier alpha value is -1.68. The van der Waals surface area contributed by atoms with Crippen LogP contribution in [0.15, 0.2) is 60.7 Å². The van der Waals surface area contributed by atoms with Crippen LogP contribution >= 0.6 is 0 Å². The van der Waals surface area contributed by atoms with Crippen LogP contribution in [0.4, 0.5) is 0 Å². The van der Waals surface area contributed by atoms with Crippen molar-refractivity contribution >= 4 is 0 Å². The second kappa shape index (κ2) is 7.73. The third-order valence-corrected chi connectivity index (χ3v) is 4.35. The average Bonchev–Trinajstić information content (AvgIpc) is 2.58. The van der Waals surface area contributed by atoms with Gasteiger partial charge in [0.15, 0.2) is 0 Å². The van der Waals surface area contributed by atoms with Crippen LogP contribution < -0.4 is 5.43 Å². The molecular weight excluding hydrogens is 282 g/mol. The molecule has 1 saturated heterocycles. The van der Waals surface area contributed by atoms with Crippen molar-refractivity contribution in [3.8, 4) is 0 Å². The highest BCUT2D eigenvalue weighted by Gasteiger charge is 2.26. The fraction of sp³-hybridized carbons (Fsp3) is 0.400. The van der Waals surface area contributed by atoms with Gasteiger partial charge in [-0.05, 0) is 25.0 Å². The summed E-state index contributed by atoms with van der Waals surface area (Å²) in [6.07, 6.45) is 0. The maximum Gasteiger partial charge on any atom is 0.0602 e. The summed E-state index contributed by atoms with van der Waals surface area (Å²) in [6, 6.07) is 22.6. The van der Waals surface area contributed by atoms with Gasteiger partial charge in [0.1, 0.15) is 0 Å². The van der Waals surface area contributed by atoms with Crippen LogP contribution in [-0.2, 0) is 0 Å². The zero-order chi connectivity index (χ0) is 16.1. The monoisotopic (exact) mass is 309 g/mol. The molecule has 3 rings (SSSR count). The van der Waals surface area contributed by atoms with E-state index >= 15 is 0 Å². The van der Waals surface area contributed by atoms with Gasteiger partial charge in [-0.2, -0.15) is 0 Å². The lowest BCUT2D eigenvalue weighted by molar-refractivity contribution is 0.0645. The second-order valence-electron chi connectivity index (χ2n) is 6.53. The van der Waals surface area contributed by atoms with Crippen molar-refractivity contribution in [3.05, 3.63) is 71.8 Å². The topological polar surface area (TPSA) is 18.5 Å². The van der Waals surface area contributed by atoms with E-state index in [-0.39, 0.29) is 0 Å². The van der Waals surface area contributed by atoms with Crippen LogP contribution in [0.2, 0.25) is 0 Å². The van der Waals surface area contributed by atoms with E-state index in [2.05, 4.69) is 89.8 Å². The first-order valence-corrected chi connectivity index (χ1v) is 8.59. The summed E-state index contributed by atoms with van der Waals surface area (Å²) in [5, 5.41) is 2.36. The van der Waals surface area contributed by atoms with Crippen molar-refractivity contribution in [2.75, 3.05) is 26.2 Å². The van der Waals surface area contributed by atoms with Gasteiger partial charge in [-0.25, -0.2) is 5.01 Å². The number of nitrogens with zero attached hydrogens (tertiary/aromatic N) is 2. The standard InChI is InChI=1S/C20H27N3/c1-17(2)21-23-15-13-22(14-16-23)20(18-9-5-3-6-10-18)19-11-7-4-8-12-19/h3-12,17,20-21H,13-16H2,1-2H3. The minimum Gasteiger partial charge on any atom is -0.290 e. The maximum atomic E-state index is 3.53. The lowest BCUT2D eigenvalue weighted by Gasteiger charge is -2.40. The van der Waals surface area contributed by atoms with E-state index in [9.17, 15) is 0 Å². The van der Waals surface area contributed by atoms with Crippen LogP contribution in [-0.4, -0.2) is 42.1 Å². The molecule has 0 spiro atoms. The summed E-state index contributed by atoms with van der Waals surface area (Å²) in [5.74, 6) is 0. The van der Waals surface area contributed by atoms with Crippen LogP contribution in [0.3, 0.4) is 0 Å². The summed E-state index contributed by atoms with van der Waals surface area (Å²) >= 11 is 0. The highest BCUT2D eigenvalue weighted by molar-refractivity contribution is 5.31. The van der Waals surface area contributed by atoms with E-state index in [0.29, 0.717) is 12.1 Å². The molecule has 0 atom stereocenters. The maximum absolute atomic E-state index is 3.53. The number of hydrogen-bond donors (Lipinski definition) is 1. The lowest BCUT2D eigenvalue weighted by Crippen LogP contribution is -2.54. The number of nitrogens with one attached hydrogen (secondary N) is 1. The van der Waals surface area contributed by atoms with E-state index < -0.39 is 0 Å². The Balaban J connectivity index is 1.78. The van der Waals surface area contributed by atoms with Gasteiger partial charge in [-0.15, -0.1) is 0 Å². The average molecular weight is 309 g/mol. The SMILES string of the molecule is CC(C)NN1CCN(C(c2ccccc2)c2ccccc2)CC1. The number of benzene rings is 2. The van der Waals surface area contributed by atoms with Gasteiger partial charge in [-0.1, -0.05) is 60.7 Å². The summed E-state index contributed by atoms with van der Waals surface area (Å²) < 4.78 is 0. The van der Waals surface area contributed by atoms with Crippen molar-refractivity contribution < 1.29 is 0 Å². The first-order chi connectivity index (χ1) is 11.2. The van der Waals surface area contributed by atoms with Crippen LogP contribution in [0.1, 0.15) is 31.0 Å². The molecule has 1 heterocycles. The molecule has 23 heavy (non-hydrogen) atoms. The molecule has 0 saturated carbocycles. The van der Waals surface area contributed by atoms with E-state index in [1.165, 1.54) is 11.1 Å². The summed E-state index contributed by atoms with van der Waals surface area (Å²) in [6.45, 7) is 8.68. The predicted octanol–water partition coefficient (Wildman–Crippen LogP) is 3.31. The molecular formula is C20H27N3. The van der Waals surface area contributed by atoms with Crippen molar-refractivity contribution in [3.63, 3.8) is 0 Å². The van der Waals surface area contributed by atoms with Crippen LogP contribution in [0, 0.1) is 0 Å². The molecule has 0 aromatic heterocycles. The molecule has 3 heteroatoms. The van der Waals surface area contributed by atoms with Gasteiger partial charge in [-0.3, -0.25) is 10.3 Å². The fourth-order valence-electron chi connectivity index (χ4n) is 3.36. The quantitative estimate of drug-likeness (QED) is 0.914. The highest BCUT2D eigenvalue weighted by atomic mass is 15.5. The zero-order valence-corrected chi connectivity index (χ0v) is 14.2. The molecule has 1 fully saturated rings. The molecule has 0 bridgehead atoms. The molecule has 1 N–H and O–H groups in total. The second-order valence-corrected chi connectivity index (χ2v) is 6.53. The van der Waals surface area contributed by atoms with E-state index in [1.54, 1.807) is 0 Å². The number of hydrazine groups is 1. The molecule has 1 aliphatic heterocycles. The summed E-state index contributed by atoms with van der Waals surface area (Å²) in [7, 11) is 0. The van der Waals surface area contributed by atoms with E-state index in [4.69, 9.17) is 0 Å². The minimum atomic E-state index is 0.346. The molecule has 0 radical (unpaired) electrons. The smallest absolute Gasteiger partial charge is 0.0602 e. The van der Waals surface area contributed by atoms with Gasteiger partial charge < -0.3 is 0 Å². The Morgan fingerprint density at radius 3 is 1.65 bits per heavy atom. The molecule has 2 aromatic carbocycles. The molecule has 0 amide bonds. The molecule has 3 nitrogen and oxygen atoms in total. The number of rotatable bonds is 5. The minimum absolute atomic E-state index is 0.346. The summed E-state index contributed by atoms with van der Waals surface area (Å²) in [4.78, 5) is 2.60. The van der Waals surface area contributed by atoms with Crippen molar-refractivity contribution in [2.45, 2.75) is 25.9 Å². The largest absolute Gasteiger partial charge is 0.290 e. The molecule has 2 aromatic rings. The third-order valence-electron chi connectivity index (χ3n) is 4.35. The normalized spacial score (nSPS) is 17.0. The number of piperazine rings is 1. The van der Waals surface area contributed by atoms with Crippen molar-refractivity contribution in [1.29, 1.82) is 0 Å². The van der Waals surface area contributed by atoms with Gasteiger partial charge in [0.05, 0.1) is 6.04 Å².